The molecule has 16 heavy (non-hydrogen) atoms. The van der Waals surface area contributed by atoms with Gasteiger partial charge in [0.25, 0.3) is 0 Å². The van der Waals surface area contributed by atoms with Gasteiger partial charge in [0.15, 0.2) is 0 Å². The SMILES string of the molecule is COc1cccc(CNCC2CCSC2)n1. The van der Waals surface area contributed by atoms with Crippen molar-refractivity contribution >= 4 is 11.8 Å². The highest BCUT2D eigenvalue weighted by molar-refractivity contribution is 7.99. The second-order valence-electron chi connectivity index (χ2n) is 4.03. The molecule has 1 atom stereocenters. The first-order chi connectivity index (χ1) is 7.88. The van der Waals surface area contributed by atoms with Gasteiger partial charge < -0.3 is 10.1 Å². The molecule has 1 saturated heterocycles. The maximum atomic E-state index is 5.09. The summed E-state index contributed by atoms with van der Waals surface area (Å²) in [6.07, 6.45) is 1.35. The fourth-order valence-corrected chi connectivity index (χ4v) is 3.10. The smallest absolute Gasteiger partial charge is 0.213 e. The third kappa shape index (κ3) is 3.39. The van der Waals surface area contributed by atoms with Crippen molar-refractivity contribution in [2.24, 2.45) is 5.92 Å². The van der Waals surface area contributed by atoms with Crippen LogP contribution in [0.1, 0.15) is 12.1 Å². The molecule has 0 aliphatic carbocycles. The molecule has 88 valence electrons. The van der Waals surface area contributed by atoms with E-state index in [1.807, 2.05) is 18.2 Å². The molecule has 2 heterocycles. The highest BCUT2D eigenvalue weighted by Crippen LogP contribution is 2.22. The summed E-state index contributed by atoms with van der Waals surface area (Å²) in [5.74, 6) is 4.16. The molecule has 1 unspecified atom stereocenters. The first-order valence-electron chi connectivity index (χ1n) is 5.67. The van der Waals surface area contributed by atoms with Crippen molar-refractivity contribution in [2.75, 3.05) is 25.2 Å². The van der Waals surface area contributed by atoms with Gasteiger partial charge in [0.2, 0.25) is 5.88 Å². The summed E-state index contributed by atoms with van der Waals surface area (Å²) < 4.78 is 5.09. The molecular weight excluding hydrogens is 220 g/mol. The molecule has 0 bridgehead atoms. The summed E-state index contributed by atoms with van der Waals surface area (Å²) >= 11 is 2.06. The van der Waals surface area contributed by atoms with Crippen LogP contribution in [0.5, 0.6) is 5.88 Å². The van der Waals surface area contributed by atoms with Crippen molar-refractivity contribution < 1.29 is 4.74 Å². The molecule has 1 N–H and O–H groups in total. The van der Waals surface area contributed by atoms with Gasteiger partial charge >= 0.3 is 0 Å². The molecule has 1 aliphatic heterocycles. The highest BCUT2D eigenvalue weighted by Gasteiger charge is 2.14. The second-order valence-corrected chi connectivity index (χ2v) is 5.18. The molecule has 0 aromatic carbocycles. The second kappa shape index (κ2) is 6.11. The first kappa shape index (κ1) is 11.7. The van der Waals surface area contributed by atoms with Crippen molar-refractivity contribution in [3.05, 3.63) is 23.9 Å². The Morgan fingerprint density at radius 3 is 3.25 bits per heavy atom. The van der Waals surface area contributed by atoms with Gasteiger partial charge in [-0.25, -0.2) is 4.98 Å². The zero-order chi connectivity index (χ0) is 11.2. The monoisotopic (exact) mass is 238 g/mol. The Morgan fingerprint density at radius 2 is 2.50 bits per heavy atom. The van der Waals surface area contributed by atoms with Gasteiger partial charge in [-0.05, 0) is 36.5 Å². The Labute approximate surface area is 101 Å². The van der Waals surface area contributed by atoms with E-state index in [2.05, 4.69) is 22.1 Å². The lowest BCUT2D eigenvalue weighted by molar-refractivity contribution is 0.395. The predicted molar refractivity (Wildman–Crippen MR) is 67.9 cm³/mol. The van der Waals surface area contributed by atoms with E-state index >= 15 is 0 Å². The molecule has 0 radical (unpaired) electrons. The van der Waals surface area contributed by atoms with E-state index in [4.69, 9.17) is 4.74 Å². The van der Waals surface area contributed by atoms with Gasteiger partial charge in [0, 0.05) is 12.6 Å². The molecule has 1 aliphatic rings. The maximum Gasteiger partial charge on any atom is 0.213 e. The Kier molecular flexibility index (Phi) is 4.48. The minimum Gasteiger partial charge on any atom is -0.481 e. The van der Waals surface area contributed by atoms with Gasteiger partial charge in [0.05, 0.1) is 12.8 Å². The van der Waals surface area contributed by atoms with Crippen molar-refractivity contribution in [3.8, 4) is 5.88 Å². The van der Waals surface area contributed by atoms with Gasteiger partial charge in [-0.2, -0.15) is 11.8 Å². The van der Waals surface area contributed by atoms with E-state index in [0.717, 1.165) is 24.7 Å². The van der Waals surface area contributed by atoms with Crippen LogP contribution in [-0.2, 0) is 6.54 Å². The summed E-state index contributed by atoms with van der Waals surface area (Å²) in [4.78, 5) is 4.37. The number of pyridine rings is 1. The van der Waals surface area contributed by atoms with Crippen molar-refractivity contribution in [1.29, 1.82) is 0 Å². The van der Waals surface area contributed by atoms with E-state index in [9.17, 15) is 0 Å². The number of thioether (sulfide) groups is 1. The molecule has 3 nitrogen and oxygen atoms in total. The first-order valence-corrected chi connectivity index (χ1v) is 6.82. The van der Waals surface area contributed by atoms with Crippen LogP contribution in [0.4, 0.5) is 0 Å². The van der Waals surface area contributed by atoms with Crippen LogP contribution in [0.15, 0.2) is 18.2 Å². The van der Waals surface area contributed by atoms with E-state index in [0.29, 0.717) is 5.88 Å². The lowest BCUT2D eigenvalue weighted by atomic mass is 10.1. The predicted octanol–water partition coefficient (Wildman–Crippen LogP) is 1.93. The van der Waals surface area contributed by atoms with Gasteiger partial charge in [0.1, 0.15) is 0 Å². The van der Waals surface area contributed by atoms with E-state index in [1.54, 1.807) is 7.11 Å². The molecule has 1 aromatic heterocycles. The van der Waals surface area contributed by atoms with Crippen LogP contribution in [0.25, 0.3) is 0 Å². The average molecular weight is 238 g/mol. The lowest BCUT2D eigenvalue weighted by Crippen LogP contribution is -2.22. The largest absolute Gasteiger partial charge is 0.481 e. The molecule has 1 aromatic rings. The van der Waals surface area contributed by atoms with Gasteiger partial charge in [-0.15, -0.1) is 0 Å². The Bertz CT molecular complexity index is 327. The number of methoxy groups -OCH3 is 1. The molecule has 0 saturated carbocycles. The van der Waals surface area contributed by atoms with Crippen molar-refractivity contribution in [2.45, 2.75) is 13.0 Å². The number of hydrogen-bond donors (Lipinski definition) is 1. The third-order valence-electron chi connectivity index (χ3n) is 2.75. The number of nitrogens with one attached hydrogen (secondary N) is 1. The fraction of sp³-hybridized carbons (Fsp3) is 0.583. The van der Waals surface area contributed by atoms with E-state index < -0.39 is 0 Å². The summed E-state index contributed by atoms with van der Waals surface area (Å²) in [5, 5.41) is 3.46. The summed E-state index contributed by atoms with van der Waals surface area (Å²) in [6, 6.07) is 5.88. The third-order valence-corrected chi connectivity index (χ3v) is 3.98. The van der Waals surface area contributed by atoms with Crippen LogP contribution in [0, 0.1) is 5.92 Å². The number of hydrogen-bond acceptors (Lipinski definition) is 4. The van der Waals surface area contributed by atoms with Crippen molar-refractivity contribution in [3.63, 3.8) is 0 Å². The van der Waals surface area contributed by atoms with Gasteiger partial charge in [-0.3, -0.25) is 0 Å². The Balaban J connectivity index is 1.75. The Hall–Kier alpha value is -0.740. The molecular formula is C12H18N2OS. The highest BCUT2D eigenvalue weighted by atomic mass is 32.2. The number of ether oxygens (including phenoxy) is 1. The fourth-order valence-electron chi connectivity index (χ4n) is 1.82. The number of rotatable bonds is 5. The average Bonchev–Trinajstić information content (AvgIpc) is 2.82. The molecule has 0 spiro atoms. The van der Waals surface area contributed by atoms with E-state index in [1.165, 1.54) is 17.9 Å². The van der Waals surface area contributed by atoms with Gasteiger partial charge in [-0.1, -0.05) is 6.07 Å². The van der Waals surface area contributed by atoms with Crippen molar-refractivity contribution in [1.82, 2.24) is 10.3 Å². The Morgan fingerprint density at radius 1 is 1.56 bits per heavy atom. The van der Waals surface area contributed by atoms with Crippen LogP contribution in [-0.4, -0.2) is 30.1 Å². The van der Waals surface area contributed by atoms with Crippen LogP contribution in [0.3, 0.4) is 0 Å². The topological polar surface area (TPSA) is 34.1 Å². The summed E-state index contributed by atoms with van der Waals surface area (Å²) in [7, 11) is 1.65. The number of nitrogens with zero attached hydrogens (tertiary/aromatic N) is 1. The maximum absolute atomic E-state index is 5.09. The molecule has 4 heteroatoms. The molecule has 0 amide bonds. The van der Waals surface area contributed by atoms with E-state index in [-0.39, 0.29) is 0 Å². The molecule has 2 rings (SSSR count). The zero-order valence-electron chi connectivity index (χ0n) is 9.61. The minimum absolute atomic E-state index is 0.690. The zero-order valence-corrected chi connectivity index (χ0v) is 10.4. The summed E-state index contributed by atoms with van der Waals surface area (Å²) in [5.41, 5.74) is 1.05. The molecule has 1 fully saturated rings. The quantitative estimate of drug-likeness (QED) is 0.850. The van der Waals surface area contributed by atoms with Crippen LogP contribution >= 0.6 is 11.8 Å². The summed E-state index contributed by atoms with van der Waals surface area (Å²) in [6.45, 7) is 1.93. The lowest BCUT2D eigenvalue weighted by Gasteiger charge is -2.09. The standard InChI is InChI=1S/C12H18N2OS/c1-15-12-4-2-3-11(14-12)8-13-7-10-5-6-16-9-10/h2-4,10,13H,5-9H2,1H3. The minimum atomic E-state index is 0.690. The van der Waals surface area contributed by atoms with Crippen LogP contribution in [0.2, 0.25) is 0 Å². The number of aromatic nitrogens is 1. The van der Waals surface area contributed by atoms with Crippen LogP contribution < -0.4 is 10.1 Å². The normalized spacial score (nSPS) is 19.9.